The molecular formula is C23H24ClNO2S. The summed E-state index contributed by atoms with van der Waals surface area (Å²) in [6, 6.07) is 21.8. The Kier molecular flexibility index (Phi) is 7.63. The van der Waals surface area contributed by atoms with Gasteiger partial charge in [0.1, 0.15) is 5.75 Å². The van der Waals surface area contributed by atoms with E-state index in [1.54, 1.807) is 11.8 Å². The van der Waals surface area contributed by atoms with Gasteiger partial charge in [-0.25, -0.2) is 0 Å². The molecular weight excluding hydrogens is 390 g/mol. The van der Waals surface area contributed by atoms with E-state index < -0.39 is 6.10 Å². The van der Waals surface area contributed by atoms with Crippen LogP contribution < -0.4 is 10.1 Å². The lowest BCUT2D eigenvalue weighted by atomic mass is 10.1. The van der Waals surface area contributed by atoms with Crippen molar-refractivity contribution in [3.63, 3.8) is 0 Å². The number of amides is 1. The van der Waals surface area contributed by atoms with E-state index >= 15 is 0 Å². The minimum atomic E-state index is -0.497. The maximum Gasteiger partial charge on any atom is 0.261 e. The van der Waals surface area contributed by atoms with Crippen molar-refractivity contribution in [3.8, 4) is 5.75 Å². The summed E-state index contributed by atoms with van der Waals surface area (Å²) < 4.78 is 6.04. The lowest BCUT2D eigenvalue weighted by Crippen LogP contribution is -2.39. The van der Waals surface area contributed by atoms with E-state index in [0.717, 1.165) is 33.1 Å². The molecule has 0 unspecified atom stereocenters. The Labute approximate surface area is 175 Å². The van der Waals surface area contributed by atoms with E-state index in [9.17, 15) is 4.79 Å². The number of halogens is 1. The van der Waals surface area contributed by atoms with Crippen molar-refractivity contribution in [2.75, 3.05) is 12.3 Å². The SMILES string of the molecule is CC[C@@H](Oc1cccc2ccccc12)C(=O)NCCSCc1cccc(Cl)c1. The van der Waals surface area contributed by atoms with Crippen LogP contribution in [0.4, 0.5) is 0 Å². The molecule has 1 N–H and O–H groups in total. The molecule has 146 valence electrons. The Hall–Kier alpha value is -2.17. The van der Waals surface area contributed by atoms with Crippen LogP contribution in [0.25, 0.3) is 10.8 Å². The summed E-state index contributed by atoms with van der Waals surface area (Å²) in [6.45, 7) is 2.57. The van der Waals surface area contributed by atoms with Crippen molar-refractivity contribution in [3.05, 3.63) is 77.3 Å². The van der Waals surface area contributed by atoms with Gasteiger partial charge in [-0.15, -0.1) is 0 Å². The van der Waals surface area contributed by atoms with Crippen molar-refractivity contribution in [1.82, 2.24) is 5.32 Å². The van der Waals surface area contributed by atoms with E-state index in [4.69, 9.17) is 16.3 Å². The highest BCUT2D eigenvalue weighted by atomic mass is 35.5. The molecule has 0 saturated carbocycles. The molecule has 0 aliphatic heterocycles. The van der Waals surface area contributed by atoms with Crippen LogP contribution in [-0.4, -0.2) is 24.3 Å². The number of hydrogen-bond acceptors (Lipinski definition) is 3. The number of hydrogen-bond donors (Lipinski definition) is 1. The Morgan fingerprint density at radius 3 is 2.71 bits per heavy atom. The summed E-state index contributed by atoms with van der Waals surface area (Å²) in [5, 5.41) is 5.87. The number of nitrogens with one attached hydrogen (secondary N) is 1. The quantitative estimate of drug-likeness (QED) is 0.457. The van der Waals surface area contributed by atoms with Gasteiger partial charge < -0.3 is 10.1 Å². The zero-order chi connectivity index (χ0) is 19.8. The molecule has 0 bridgehead atoms. The van der Waals surface area contributed by atoms with Crippen LogP contribution in [0.2, 0.25) is 5.02 Å². The second-order valence-electron chi connectivity index (χ2n) is 6.47. The van der Waals surface area contributed by atoms with Gasteiger partial charge in [0.2, 0.25) is 0 Å². The summed E-state index contributed by atoms with van der Waals surface area (Å²) in [4.78, 5) is 12.5. The molecule has 0 aliphatic carbocycles. The van der Waals surface area contributed by atoms with Crippen LogP contribution in [0.5, 0.6) is 5.75 Å². The largest absolute Gasteiger partial charge is 0.480 e. The first-order valence-corrected chi connectivity index (χ1v) is 10.9. The number of rotatable bonds is 9. The summed E-state index contributed by atoms with van der Waals surface area (Å²) in [6.07, 6.45) is 0.119. The van der Waals surface area contributed by atoms with Gasteiger partial charge in [0, 0.05) is 28.5 Å². The molecule has 0 fully saturated rings. The predicted molar refractivity (Wildman–Crippen MR) is 119 cm³/mol. The van der Waals surface area contributed by atoms with Gasteiger partial charge >= 0.3 is 0 Å². The van der Waals surface area contributed by atoms with Crippen LogP contribution in [0.3, 0.4) is 0 Å². The van der Waals surface area contributed by atoms with Crippen LogP contribution in [0.1, 0.15) is 18.9 Å². The molecule has 5 heteroatoms. The van der Waals surface area contributed by atoms with Gasteiger partial charge in [0.25, 0.3) is 5.91 Å². The number of carbonyl (C=O) groups is 1. The van der Waals surface area contributed by atoms with Gasteiger partial charge in [-0.3, -0.25) is 4.79 Å². The number of ether oxygens (including phenoxy) is 1. The molecule has 3 nitrogen and oxygen atoms in total. The third-order valence-electron chi connectivity index (χ3n) is 4.39. The second kappa shape index (κ2) is 10.4. The predicted octanol–water partition coefficient (Wildman–Crippen LogP) is 5.70. The van der Waals surface area contributed by atoms with Crippen molar-refractivity contribution >= 4 is 40.0 Å². The Bertz CT molecular complexity index is 926. The third kappa shape index (κ3) is 5.66. The monoisotopic (exact) mass is 413 g/mol. The summed E-state index contributed by atoms with van der Waals surface area (Å²) in [7, 11) is 0. The summed E-state index contributed by atoms with van der Waals surface area (Å²) in [5.41, 5.74) is 1.19. The van der Waals surface area contributed by atoms with E-state index in [0.29, 0.717) is 13.0 Å². The molecule has 1 atom stereocenters. The average Bonchev–Trinajstić information content (AvgIpc) is 2.71. The van der Waals surface area contributed by atoms with Gasteiger partial charge in [-0.1, -0.05) is 67.1 Å². The van der Waals surface area contributed by atoms with Gasteiger partial charge in [-0.05, 0) is 35.6 Å². The van der Waals surface area contributed by atoms with E-state index in [-0.39, 0.29) is 5.91 Å². The first-order chi connectivity index (χ1) is 13.7. The molecule has 28 heavy (non-hydrogen) atoms. The zero-order valence-electron chi connectivity index (χ0n) is 15.9. The summed E-state index contributed by atoms with van der Waals surface area (Å²) >= 11 is 7.77. The molecule has 1 amide bonds. The second-order valence-corrected chi connectivity index (χ2v) is 8.01. The molecule has 0 heterocycles. The van der Waals surface area contributed by atoms with E-state index in [2.05, 4.69) is 11.4 Å². The van der Waals surface area contributed by atoms with Crippen LogP contribution >= 0.6 is 23.4 Å². The first kappa shape index (κ1) is 20.6. The average molecular weight is 414 g/mol. The molecule has 0 aliphatic rings. The molecule has 0 radical (unpaired) electrons. The highest BCUT2D eigenvalue weighted by Gasteiger charge is 2.18. The van der Waals surface area contributed by atoms with Crippen LogP contribution in [-0.2, 0) is 10.5 Å². The van der Waals surface area contributed by atoms with Crippen molar-refractivity contribution in [1.29, 1.82) is 0 Å². The minimum absolute atomic E-state index is 0.0706. The molecule has 3 aromatic rings. The third-order valence-corrected chi connectivity index (χ3v) is 5.65. The fourth-order valence-corrected chi connectivity index (χ4v) is 3.97. The van der Waals surface area contributed by atoms with Crippen molar-refractivity contribution < 1.29 is 9.53 Å². The first-order valence-electron chi connectivity index (χ1n) is 9.41. The molecule has 3 rings (SSSR count). The summed E-state index contributed by atoms with van der Waals surface area (Å²) in [5.74, 6) is 2.39. The van der Waals surface area contributed by atoms with Crippen LogP contribution in [0, 0.1) is 0 Å². The number of fused-ring (bicyclic) bond motifs is 1. The van der Waals surface area contributed by atoms with Crippen molar-refractivity contribution in [2.24, 2.45) is 0 Å². The van der Waals surface area contributed by atoms with Gasteiger partial charge in [-0.2, -0.15) is 11.8 Å². The van der Waals surface area contributed by atoms with Gasteiger partial charge in [0.05, 0.1) is 0 Å². The minimum Gasteiger partial charge on any atom is -0.480 e. The highest BCUT2D eigenvalue weighted by Crippen LogP contribution is 2.26. The normalized spacial score (nSPS) is 11.9. The topological polar surface area (TPSA) is 38.3 Å². The molecule has 3 aromatic carbocycles. The lowest BCUT2D eigenvalue weighted by Gasteiger charge is -2.18. The smallest absolute Gasteiger partial charge is 0.261 e. The van der Waals surface area contributed by atoms with E-state index in [1.807, 2.05) is 67.6 Å². The molecule has 0 aromatic heterocycles. The fourth-order valence-electron chi connectivity index (χ4n) is 2.95. The Balaban J connectivity index is 1.48. The fraction of sp³-hybridized carbons (Fsp3) is 0.261. The lowest BCUT2D eigenvalue weighted by molar-refractivity contribution is -0.127. The maximum absolute atomic E-state index is 12.5. The molecule has 0 spiro atoms. The Morgan fingerprint density at radius 1 is 1.11 bits per heavy atom. The van der Waals surface area contributed by atoms with Crippen molar-refractivity contribution in [2.45, 2.75) is 25.2 Å². The van der Waals surface area contributed by atoms with E-state index in [1.165, 1.54) is 5.56 Å². The number of benzene rings is 3. The number of thioether (sulfide) groups is 1. The maximum atomic E-state index is 12.5. The van der Waals surface area contributed by atoms with Gasteiger partial charge in [0.15, 0.2) is 6.10 Å². The Morgan fingerprint density at radius 2 is 1.89 bits per heavy atom. The van der Waals surface area contributed by atoms with Crippen LogP contribution in [0.15, 0.2) is 66.7 Å². The standard InChI is InChI=1S/C23H24ClNO2S/c1-2-21(27-22-12-6-9-18-8-3-4-11-20(18)22)23(26)25-13-14-28-16-17-7-5-10-19(24)15-17/h3-12,15,21H,2,13-14,16H2,1H3,(H,25,26)/t21-/m1/s1. The molecule has 0 saturated heterocycles. The zero-order valence-corrected chi connectivity index (χ0v) is 17.4. The highest BCUT2D eigenvalue weighted by molar-refractivity contribution is 7.98. The number of carbonyl (C=O) groups excluding carboxylic acids is 1.